The molecular formula is C18H12BrN5O. The van der Waals surface area contributed by atoms with Crippen LogP contribution in [0.5, 0.6) is 0 Å². The van der Waals surface area contributed by atoms with Crippen LogP contribution in [0.1, 0.15) is 22.8 Å². The molecule has 7 heteroatoms. The minimum Gasteiger partial charge on any atom is -0.339 e. The first kappa shape index (κ1) is 16.7. The number of fused-ring (bicyclic) bond motifs is 1. The average Bonchev–Trinajstić information content (AvgIpc) is 2.87. The van der Waals surface area contributed by atoms with Gasteiger partial charge in [0.2, 0.25) is 0 Å². The predicted octanol–water partition coefficient (Wildman–Crippen LogP) is 3.27. The van der Waals surface area contributed by atoms with Gasteiger partial charge in [-0.25, -0.2) is 4.98 Å². The molecule has 0 aliphatic heterocycles. The number of nitrogens with zero attached hydrogens (tertiary/aromatic N) is 4. The van der Waals surface area contributed by atoms with Crippen LogP contribution in [-0.2, 0) is 7.05 Å². The molecule has 0 saturated heterocycles. The Morgan fingerprint density at radius 3 is 2.76 bits per heavy atom. The quantitative estimate of drug-likeness (QED) is 0.675. The Morgan fingerprint density at radius 1 is 1.36 bits per heavy atom. The zero-order valence-corrected chi connectivity index (χ0v) is 15.0. The maximum atomic E-state index is 12.3. The number of hydrogen-bond donors (Lipinski definition) is 1. The largest absolute Gasteiger partial charge is 0.339 e. The monoisotopic (exact) mass is 393 g/mol. The first-order valence-corrected chi connectivity index (χ1v) is 8.12. The molecule has 2 aromatic heterocycles. The molecule has 0 aliphatic rings. The van der Waals surface area contributed by atoms with Crippen molar-refractivity contribution in [3.63, 3.8) is 0 Å². The molecule has 1 aromatic carbocycles. The van der Waals surface area contributed by atoms with Crippen LogP contribution in [0.4, 0.5) is 0 Å². The number of halogens is 1. The SMILES string of the molecule is Cc1c(/C=C(\C#N)c2nc3ccc(Br)cc3c(=O)[nH]2)cc(C#N)n1C. The van der Waals surface area contributed by atoms with E-state index in [4.69, 9.17) is 5.26 Å². The highest BCUT2D eigenvalue weighted by Gasteiger charge is 2.12. The summed E-state index contributed by atoms with van der Waals surface area (Å²) in [6, 6.07) is 11.1. The van der Waals surface area contributed by atoms with E-state index in [-0.39, 0.29) is 17.0 Å². The van der Waals surface area contributed by atoms with E-state index >= 15 is 0 Å². The fraction of sp³-hybridized carbons (Fsp3) is 0.111. The summed E-state index contributed by atoms with van der Waals surface area (Å²) >= 11 is 3.32. The second kappa shape index (κ2) is 6.39. The lowest BCUT2D eigenvalue weighted by molar-refractivity contribution is 0.865. The van der Waals surface area contributed by atoms with E-state index in [9.17, 15) is 10.1 Å². The van der Waals surface area contributed by atoms with Gasteiger partial charge in [0.15, 0.2) is 5.82 Å². The zero-order chi connectivity index (χ0) is 18.1. The minimum atomic E-state index is -0.315. The summed E-state index contributed by atoms with van der Waals surface area (Å²) in [6.07, 6.45) is 1.62. The normalized spacial score (nSPS) is 11.3. The molecule has 0 bridgehead atoms. The number of benzene rings is 1. The summed E-state index contributed by atoms with van der Waals surface area (Å²) in [5.74, 6) is 0.198. The van der Waals surface area contributed by atoms with Gasteiger partial charge in [0.25, 0.3) is 5.56 Å². The van der Waals surface area contributed by atoms with Crippen LogP contribution < -0.4 is 5.56 Å². The van der Waals surface area contributed by atoms with Crippen LogP contribution in [0.2, 0.25) is 0 Å². The van der Waals surface area contributed by atoms with Gasteiger partial charge in [-0.2, -0.15) is 10.5 Å². The standard InChI is InChI=1S/C18H12BrN5O/c1-10-11(6-14(9-21)24(10)2)5-12(8-20)17-22-16-4-3-13(19)7-15(16)18(25)23-17/h3-7H,1-2H3,(H,22,23,25)/b12-5+. The number of aromatic nitrogens is 3. The number of nitrogens with one attached hydrogen (secondary N) is 1. The molecule has 6 nitrogen and oxygen atoms in total. The van der Waals surface area contributed by atoms with Crippen molar-refractivity contribution >= 4 is 38.5 Å². The third-order valence-electron chi connectivity index (χ3n) is 4.03. The van der Waals surface area contributed by atoms with Crippen molar-refractivity contribution in [3.05, 3.63) is 61.9 Å². The van der Waals surface area contributed by atoms with Gasteiger partial charge in [-0.1, -0.05) is 15.9 Å². The van der Waals surface area contributed by atoms with Crippen LogP contribution in [0.15, 0.2) is 33.5 Å². The number of rotatable bonds is 2. The lowest BCUT2D eigenvalue weighted by Gasteiger charge is -2.03. The summed E-state index contributed by atoms with van der Waals surface area (Å²) < 4.78 is 2.52. The number of H-pyrrole nitrogens is 1. The Morgan fingerprint density at radius 2 is 2.12 bits per heavy atom. The molecule has 0 spiro atoms. The van der Waals surface area contributed by atoms with Crippen LogP contribution >= 0.6 is 15.9 Å². The summed E-state index contributed by atoms with van der Waals surface area (Å²) in [5.41, 5.74) is 2.48. The topological polar surface area (TPSA) is 98.3 Å². The summed E-state index contributed by atoms with van der Waals surface area (Å²) in [6.45, 7) is 1.86. The summed E-state index contributed by atoms with van der Waals surface area (Å²) in [4.78, 5) is 19.3. The molecule has 0 atom stereocenters. The molecule has 3 rings (SSSR count). The molecule has 122 valence electrons. The molecule has 0 aliphatic carbocycles. The zero-order valence-electron chi connectivity index (χ0n) is 13.5. The Hall–Kier alpha value is -3.16. The van der Waals surface area contributed by atoms with Gasteiger partial charge in [-0.15, -0.1) is 0 Å². The van der Waals surface area contributed by atoms with Gasteiger partial charge < -0.3 is 9.55 Å². The van der Waals surface area contributed by atoms with Crippen LogP contribution in [0.3, 0.4) is 0 Å². The molecule has 0 unspecified atom stereocenters. The van der Waals surface area contributed by atoms with Gasteiger partial charge in [-0.3, -0.25) is 4.79 Å². The smallest absolute Gasteiger partial charge is 0.259 e. The third-order valence-corrected chi connectivity index (χ3v) is 4.53. The molecule has 0 fully saturated rings. The van der Waals surface area contributed by atoms with E-state index in [0.29, 0.717) is 16.6 Å². The van der Waals surface area contributed by atoms with Crippen molar-refractivity contribution < 1.29 is 0 Å². The molecule has 1 N–H and O–H groups in total. The third kappa shape index (κ3) is 2.98. The Bertz CT molecular complexity index is 1170. The van der Waals surface area contributed by atoms with Crippen molar-refractivity contribution in [2.75, 3.05) is 0 Å². The lowest BCUT2D eigenvalue weighted by atomic mass is 10.1. The number of aromatic amines is 1. The van der Waals surface area contributed by atoms with E-state index in [1.165, 1.54) is 0 Å². The molecule has 0 saturated carbocycles. The number of hydrogen-bond acceptors (Lipinski definition) is 4. The first-order chi connectivity index (χ1) is 11.9. The lowest BCUT2D eigenvalue weighted by Crippen LogP contribution is -2.11. The van der Waals surface area contributed by atoms with E-state index in [1.54, 1.807) is 42.0 Å². The van der Waals surface area contributed by atoms with E-state index in [2.05, 4.69) is 38.0 Å². The molecule has 3 aromatic rings. The molecule has 2 heterocycles. The summed E-state index contributed by atoms with van der Waals surface area (Å²) in [5, 5.41) is 19.1. The summed E-state index contributed by atoms with van der Waals surface area (Å²) in [7, 11) is 1.78. The second-order valence-electron chi connectivity index (χ2n) is 5.49. The van der Waals surface area contributed by atoms with E-state index < -0.39 is 0 Å². The molecular weight excluding hydrogens is 382 g/mol. The van der Waals surface area contributed by atoms with Gasteiger partial charge in [0, 0.05) is 17.2 Å². The predicted molar refractivity (Wildman–Crippen MR) is 98.4 cm³/mol. The Kier molecular flexibility index (Phi) is 4.26. The van der Waals surface area contributed by atoms with Crippen molar-refractivity contribution in [2.24, 2.45) is 7.05 Å². The highest BCUT2D eigenvalue weighted by molar-refractivity contribution is 9.10. The van der Waals surface area contributed by atoms with Crippen molar-refractivity contribution in [3.8, 4) is 12.1 Å². The van der Waals surface area contributed by atoms with Gasteiger partial charge in [-0.05, 0) is 42.8 Å². The van der Waals surface area contributed by atoms with Crippen molar-refractivity contribution in [1.82, 2.24) is 14.5 Å². The number of nitriles is 2. The highest BCUT2D eigenvalue weighted by atomic mass is 79.9. The number of allylic oxidation sites excluding steroid dienone is 1. The maximum absolute atomic E-state index is 12.3. The Balaban J connectivity index is 2.19. The van der Waals surface area contributed by atoms with E-state index in [0.717, 1.165) is 15.7 Å². The molecule has 25 heavy (non-hydrogen) atoms. The molecule has 0 radical (unpaired) electrons. The fourth-order valence-corrected chi connectivity index (χ4v) is 2.88. The highest BCUT2D eigenvalue weighted by Crippen LogP contribution is 2.21. The second-order valence-corrected chi connectivity index (χ2v) is 6.40. The molecule has 0 amide bonds. The maximum Gasteiger partial charge on any atom is 0.259 e. The fourth-order valence-electron chi connectivity index (χ4n) is 2.52. The van der Waals surface area contributed by atoms with Gasteiger partial charge in [0.05, 0.1) is 16.5 Å². The van der Waals surface area contributed by atoms with E-state index in [1.807, 2.05) is 6.92 Å². The van der Waals surface area contributed by atoms with Gasteiger partial charge >= 0.3 is 0 Å². The van der Waals surface area contributed by atoms with Crippen molar-refractivity contribution in [2.45, 2.75) is 6.92 Å². The first-order valence-electron chi connectivity index (χ1n) is 7.32. The van der Waals surface area contributed by atoms with Crippen LogP contribution in [0, 0.1) is 29.6 Å². The van der Waals surface area contributed by atoms with Crippen LogP contribution in [-0.4, -0.2) is 14.5 Å². The minimum absolute atomic E-state index is 0.198. The van der Waals surface area contributed by atoms with Crippen LogP contribution in [0.25, 0.3) is 22.6 Å². The van der Waals surface area contributed by atoms with Crippen molar-refractivity contribution in [1.29, 1.82) is 10.5 Å². The van der Waals surface area contributed by atoms with Gasteiger partial charge in [0.1, 0.15) is 17.8 Å². The average molecular weight is 394 g/mol. The Labute approximate surface area is 151 Å².